The van der Waals surface area contributed by atoms with Crippen LogP contribution in [0.4, 0.5) is 0 Å². The number of oxime groups is 1. The highest BCUT2D eigenvalue weighted by Gasteiger charge is 2.28. The average Bonchev–Trinajstić information content (AvgIpc) is 2.46. The van der Waals surface area contributed by atoms with E-state index in [1.54, 1.807) is 11.1 Å². The fourth-order valence-electron chi connectivity index (χ4n) is 2.34. The first-order chi connectivity index (χ1) is 9.13. The van der Waals surface area contributed by atoms with Gasteiger partial charge in [-0.25, -0.2) is 0 Å². The fraction of sp³-hybridized carbons (Fsp3) is 0.462. The molecular weight excluding hydrogens is 244 g/mol. The zero-order chi connectivity index (χ0) is 13.8. The summed E-state index contributed by atoms with van der Waals surface area (Å²) in [5.41, 5.74) is 6.96. The number of amides is 1. The second kappa shape index (κ2) is 5.69. The molecule has 102 valence electrons. The van der Waals surface area contributed by atoms with Crippen molar-refractivity contribution in [2.45, 2.75) is 19.8 Å². The molecule has 0 spiro atoms. The zero-order valence-electron chi connectivity index (χ0n) is 10.9. The molecule has 6 nitrogen and oxygen atoms in total. The molecule has 0 radical (unpaired) electrons. The number of piperidine rings is 1. The van der Waals surface area contributed by atoms with Gasteiger partial charge in [-0.3, -0.25) is 9.78 Å². The van der Waals surface area contributed by atoms with E-state index in [9.17, 15) is 4.79 Å². The molecule has 2 rings (SSSR count). The van der Waals surface area contributed by atoms with Crippen molar-refractivity contribution in [1.29, 1.82) is 0 Å². The Hall–Kier alpha value is -2.11. The number of nitrogens with zero attached hydrogens (tertiary/aromatic N) is 3. The summed E-state index contributed by atoms with van der Waals surface area (Å²) in [5, 5.41) is 11.8. The molecule has 1 unspecified atom stereocenters. The van der Waals surface area contributed by atoms with Crippen LogP contribution in [0.15, 0.2) is 23.5 Å². The summed E-state index contributed by atoms with van der Waals surface area (Å²) in [6.07, 6.45) is 3.30. The predicted octanol–water partition coefficient (Wildman–Crippen LogP) is 0.989. The molecule has 1 aliphatic heterocycles. The Bertz CT molecular complexity index is 501. The Kier molecular flexibility index (Phi) is 3.99. The molecule has 6 heteroatoms. The van der Waals surface area contributed by atoms with E-state index in [-0.39, 0.29) is 17.7 Å². The maximum Gasteiger partial charge on any atom is 0.272 e. The van der Waals surface area contributed by atoms with E-state index in [0.29, 0.717) is 18.8 Å². The van der Waals surface area contributed by atoms with Gasteiger partial charge in [0.25, 0.3) is 5.91 Å². The lowest BCUT2D eigenvalue weighted by Gasteiger charge is -2.32. The second-order valence-corrected chi connectivity index (χ2v) is 4.78. The van der Waals surface area contributed by atoms with Crippen LogP contribution in [-0.2, 0) is 0 Å². The number of likely N-dealkylation sites (tertiary alicyclic amines) is 1. The molecular formula is C13H18N4O2. The molecule has 3 N–H and O–H groups in total. The van der Waals surface area contributed by atoms with Gasteiger partial charge in [-0.2, -0.15) is 0 Å². The summed E-state index contributed by atoms with van der Waals surface area (Å²) in [6, 6.07) is 3.67. The van der Waals surface area contributed by atoms with Gasteiger partial charge in [-0.05, 0) is 31.4 Å². The quantitative estimate of drug-likeness (QED) is 0.360. The first-order valence-electron chi connectivity index (χ1n) is 6.31. The van der Waals surface area contributed by atoms with Crippen molar-refractivity contribution < 1.29 is 10.0 Å². The minimum absolute atomic E-state index is 0.0771. The molecule has 0 aromatic carbocycles. The smallest absolute Gasteiger partial charge is 0.272 e. The number of amidine groups is 1. The lowest BCUT2D eigenvalue weighted by atomic mass is 9.96. The van der Waals surface area contributed by atoms with Crippen molar-refractivity contribution in [3.8, 4) is 0 Å². The first-order valence-corrected chi connectivity index (χ1v) is 6.31. The minimum atomic E-state index is -0.0893. The van der Waals surface area contributed by atoms with Gasteiger partial charge in [0.1, 0.15) is 11.5 Å². The van der Waals surface area contributed by atoms with Crippen LogP contribution < -0.4 is 5.73 Å². The number of rotatable bonds is 2. The number of hydrogen-bond donors (Lipinski definition) is 2. The third-order valence-electron chi connectivity index (χ3n) is 3.45. The Labute approximate surface area is 111 Å². The monoisotopic (exact) mass is 262 g/mol. The third-order valence-corrected chi connectivity index (χ3v) is 3.45. The summed E-state index contributed by atoms with van der Waals surface area (Å²) in [4.78, 5) is 18.3. The summed E-state index contributed by atoms with van der Waals surface area (Å²) in [5.74, 6) is 0.0236. The van der Waals surface area contributed by atoms with Gasteiger partial charge >= 0.3 is 0 Å². The molecule has 0 bridgehead atoms. The highest BCUT2D eigenvalue weighted by Crippen LogP contribution is 2.19. The van der Waals surface area contributed by atoms with Crippen LogP contribution in [0.1, 0.15) is 28.9 Å². The predicted molar refractivity (Wildman–Crippen MR) is 71.0 cm³/mol. The summed E-state index contributed by atoms with van der Waals surface area (Å²) < 4.78 is 0. The van der Waals surface area contributed by atoms with Crippen LogP contribution in [0.2, 0.25) is 0 Å². The summed E-state index contributed by atoms with van der Waals surface area (Å²) in [6.45, 7) is 3.03. The highest BCUT2D eigenvalue weighted by atomic mass is 16.4. The molecule has 1 saturated heterocycles. The van der Waals surface area contributed by atoms with Gasteiger partial charge in [-0.15, -0.1) is 0 Å². The van der Waals surface area contributed by atoms with Gasteiger partial charge in [0, 0.05) is 25.2 Å². The van der Waals surface area contributed by atoms with Crippen LogP contribution in [0.3, 0.4) is 0 Å². The molecule has 2 heterocycles. The van der Waals surface area contributed by atoms with E-state index >= 15 is 0 Å². The molecule has 1 aliphatic rings. The Balaban J connectivity index is 2.14. The molecule has 1 aromatic heterocycles. The normalized spacial score (nSPS) is 20.4. The maximum absolute atomic E-state index is 12.4. The Morgan fingerprint density at radius 1 is 1.63 bits per heavy atom. The van der Waals surface area contributed by atoms with Crippen molar-refractivity contribution in [2.75, 3.05) is 13.1 Å². The lowest BCUT2D eigenvalue weighted by Crippen LogP contribution is -2.44. The summed E-state index contributed by atoms with van der Waals surface area (Å²) in [7, 11) is 0. The zero-order valence-corrected chi connectivity index (χ0v) is 10.9. The molecule has 1 amide bonds. The summed E-state index contributed by atoms with van der Waals surface area (Å²) >= 11 is 0. The SMILES string of the molecule is Cc1cccnc1C(=O)N1CCCC(C(N)=NO)C1. The standard InChI is InChI=1S/C13H18N4O2/c1-9-4-2-6-15-11(9)13(18)17-7-3-5-10(8-17)12(14)16-19/h2,4,6,10,19H,3,5,7-8H2,1H3,(H2,14,16). The van der Waals surface area contributed by atoms with E-state index in [1.165, 1.54) is 0 Å². The van der Waals surface area contributed by atoms with Gasteiger partial charge in [0.2, 0.25) is 0 Å². The van der Waals surface area contributed by atoms with Crippen LogP contribution in [0.5, 0.6) is 0 Å². The molecule has 0 saturated carbocycles. The number of hydrogen-bond acceptors (Lipinski definition) is 4. The highest BCUT2D eigenvalue weighted by molar-refractivity contribution is 5.94. The van der Waals surface area contributed by atoms with Crippen molar-refractivity contribution in [3.63, 3.8) is 0 Å². The topological polar surface area (TPSA) is 91.8 Å². The van der Waals surface area contributed by atoms with Gasteiger partial charge in [0.05, 0.1) is 0 Å². The largest absolute Gasteiger partial charge is 0.409 e. The van der Waals surface area contributed by atoms with E-state index < -0.39 is 0 Å². The van der Waals surface area contributed by atoms with Crippen LogP contribution in [-0.4, -0.2) is 39.9 Å². The molecule has 1 atom stereocenters. The van der Waals surface area contributed by atoms with Gasteiger partial charge in [0.15, 0.2) is 0 Å². The molecule has 0 aliphatic carbocycles. The van der Waals surface area contributed by atoms with E-state index in [4.69, 9.17) is 10.9 Å². The number of pyridine rings is 1. The van der Waals surface area contributed by atoms with Gasteiger partial charge < -0.3 is 15.8 Å². The molecule has 1 aromatic rings. The van der Waals surface area contributed by atoms with Crippen molar-refractivity contribution >= 4 is 11.7 Å². The van der Waals surface area contributed by atoms with E-state index in [2.05, 4.69) is 10.1 Å². The Morgan fingerprint density at radius 2 is 2.42 bits per heavy atom. The third kappa shape index (κ3) is 2.83. The number of carbonyl (C=O) groups excluding carboxylic acids is 1. The van der Waals surface area contributed by atoms with E-state index in [1.807, 2.05) is 19.1 Å². The molecule has 1 fully saturated rings. The van der Waals surface area contributed by atoms with Crippen molar-refractivity contribution in [2.24, 2.45) is 16.8 Å². The number of carbonyl (C=O) groups is 1. The van der Waals surface area contributed by atoms with Crippen LogP contribution in [0, 0.1) is 12.8 Å². The molecule has 19 heavy (non-hydrogen) atoms. The second-order valence-electron chi connectivity index (χ2n) is 4.78. The maximum atomic E-state index is 12.4. The fourth-order valence-corrected chi connectivity index (χ4v) is 2.34. The van der Waals surface area contributed by atoms with Crippen LogP contribution in [0.25, 0.3) is 0 Å². The minimum Gasteiger partial charge on any atom is -0.409 e. The number of nitrogens with two attached hydrogens (primary N) is 1. The Morgan fingerprint density at radius 3 is 3.11 bits per heavy atom. The van der Waals surface area contributed by atoms with Crippen molar-refractivity contribution in [1.82, 2.24) is 9.88 Å². The average molecular weight is 262 g/mol. The van der Waals surface area contributed by atoms with E-state index in [0.717, 1.165) is 18.4 Å². The van der Waals surface area contributed by atoms with Gasteiger partial charge in [-0.1, -0.05) is 11.2 Å². The first kappa shape index (κ1) is 13.3. The number of aromatic nitrogens is 1. The lowest BCUT2D eigenvalue weighted by molar-refractivity contribution is 0.0694. The van der Waals surface area contributed by atoms with Crippen LogP contribution >= 0.6 is 0 Å². The van der Waals surface area contributed by atoms with Crippen molar-refractivity contribution in [3.05, 3.63) is 29.6 Å². The number of aryl methyl sites for hydroxylation is 1.